The average Bonchev–Trinajstić information content (AvgIpc) is 2.76. The third-order valence-electron chi connectivity index (χ3n) is 5.93. The number of hydrogen-bond donors (Lipinski definition) is 1. The predicted molar refractivity (Wildman–Crippen MR) is 130 cm³/mol. The fourth-order valence-corrected chi connectivity index (χ4v) is 4.47. The van der Waals surface area contributed by atoms with Crippen LogP contribution in [0.1, 0.15) is 76.3 Å². The van der Waals surface area contributed by atoms with Crippen LogP contribution < -0.4 is 0 Å². The lowest BCUT2D eigenvalue weighted by atomic mass is 9.81. The summed E-state index contributed by atoms with van der Waals surface area (Å²) in [6, 6.07) is 23.1. The lowest BCUT2D eigenvalue weighted by Crippen LogP contribution is -2.02. The van der Waals surface area contributed by atoms with Gasteiger partial charge in [0.05, 0.1) is 0 Å². The molecule has 0 saturated carbocycles. The Kier molecular flexibility index (Phi) is 8.13. The van der Waals surface area contributed by atoms with E-state index >= 15 is 0 Å². The number of benzene rings is 3. The monoisotopic (exact) mass is 400 g/mol. The minimum absolute atomic E-state index is 0.311. The number of aryl methyl sites for hydroxylation is 1. The molecule has 30 heavy (non-hydrogen) atoms. The van der Waals surface area contributed by atoms with Crippen molar-refractivity contribution in [2.75, 3.05) is 0 Å². The zero-order valence-electron chi connectivity index (χ0n) is 18.8. The Balaban J connectivity index is 2.06. The summed E-state index contributed by atoms with van der Waals surface area (Å²) in [5, 5.41) is 11.1. The second-order valence-corrected chi connectivity index (χ2v) is 8.62. The molecule has 3 aromatic carbocycles. The molecule has 3 rings (SSSR count). The molecular weight excluding hydrogens is 364 g/mol. The van der Waals surface area contributed by atoms with Crippen LogP contribution in [0.2, 0.25) is 0 Å². The van der Waals surface area contributed by atoms with E-state index < -0.39 is 0 Å². The van der Waals surface area contributed by atoms with Crippen LogP contribution in [-0.4, -0.2) is 5.11 Å². The predicted octanol–water partition coefficient (Wildman–Crippen LogP) is 8.75. The summed E-state index contributed by atoms with van der Waals surface area (Å²) < 4.78 is 0. The Hall–Kier alpha value is -2.54. The van der Waals surface area contributed by atoms with Gasteiger partial charge in [0.25, 0.3) is 0 Å². The number of aromatic hydroxyl groups is 1. The van der Waals surface area contributed by atoms with Gasteiger partial charge in [-0.15, -0.1) is 0 Å². The van der Waals surface area contributed by atoms with E-state index in [1.165, 1.54) is 60.8 Å². The fraction of sp³-hybridized carbons (Fsp3) is 0.379. The van der Waals surface area contributed by atoms with E-state index in [-0.39, 0.29) is 0 Å². The summed E-state index contributed by atoms with van der Waals surface area (Å²) in [7, 11) is 0. The minimum atomic E-state index is 0.311. The highest BCUT2D eigenvalue weighted by atomic mass is 16.3. The van der Waals surface area contributed by atoms with Gasteiger partial charge < -0.3 is 5.11 Å². The molecule has 1 nitrogen and oxygen atoms in total. The Morgan fingerprint density at radius 3 is 1.80 bits per heavy atom. The van der Waals surface area contributed by atoms with Crippen molar-refractivity contribution in [3.05, 3.63) is 77.9 Å². The van der Waals surface area contributed by atoms with Crippen molar-refractivity contribution in [2.45, 2.75) is 71.6 Å². The highest BCUT2D eigenvalue weighted by Crippen LogP contribution is 2.45. The van der Waals surface area contributed by atoms with Crippen LogP contribution >= 0.6 is 0 Å². The number of unbranched alkanes of at least 4 members (excludes halogenated alkanes) is 5. The van der Waals surface area contributed by atoms with E-state index in [2.05, 4.69) is 63.2 Å². The number of phenols is 1. The topological polar surface area (TPSA) is 20.2 Å². The number of hydrogen-bond acceptors (Lipinski definition) is 1. The average molecular weight is 401 g/mol. The Morgan fingerprint density at radius 1 is 0.700 bits per heavy atom. The molecule has 0 spiro atoms. The molecule has 0 heterocycles. The lowest BCUT2D eigenvalue weighted by Gasteiger charge is -2.23. The van der Waals surface area contributed by atoms with Crippen LogP contribution in [0.3, 0.4) is 0 Å². The van der Waals surface area contributed by atoms with Crippen LogP contribution in [-0.2, 0) is 6.42 Å². The van der Waals surface area contributed by atoms with Gasteiger partial charge in [-0.3, -0.25) is 0 Å². The van der Waals surface area contributed by atoms with Crippen molar-refractivity contribution in [1.82, 2.24) is 0 Å². The highest BCUT2D eigenvalue weighted by Gasteiger charge is 2.22. The second kappa shape index (κ2) is 11.0. The molecule has 3 aromatic rings. The molecule has 0 radical (unpaired) electrons. The maximum Gasteiger partial charge on any atom is 0.124 e. The molecule has 0 atom stereocenters. The van der Waals surface area contributed by atoms with Gasteiger partial charge >= 0.3 is 0 Å². The van der Waals surface area contributed by atoms with Crippen molar-refractivity contribution < 1.29 is 5.11 Å². The smallest absolute Gasteiger partial charge is 0.124 e. The summed E-state index contributed by atoms with van der Waals surface area (Å²) in [5.41, 5.74) is 7.17. The molecule has 0 aliphatic rings. The maximum absolute atomic E-state index is 11.1. The Morgan fingerprint density at radius 2 is 1.23 bits per heavy atom. The first kappa shape index (κ1) is 22.2. The van der Waals surface area contributed by atoms with Gasteiger partial charge in [-0.25, -0.2) is 0 Å². The first-order valence-electron chi connectivity index (χ1n) is 11.6. The normalized spacial score (nSPS) is 11.2. The van der Waals surface area contributed by atoms with E-state index in [4.69, 9.17) is 0 Å². The minimum Gasteiger partial charge on any atom is -0.507 e. The Labute approximate surface area is 182 Å². The van der Waals surface area contributed by atoms with Gasteiger partial charge in [0, 0.05) is 5.56 Å². The highest BCUT2D eigenvalue weighted by molar-refractivity contribution is 5.85. The first-order valence-corrected chi connectivity index (χ1v) is 11.6. The fourth-order valence-electron chi connectivity index (χ4n) is 4.47. The van der Waals surface area contributed by atoms with E-state index in [0.29, 0.717) is 11.7 Å². The molecule has 1 heteroatoms. The zero-order chi connectivity index (χ0) is 21.3. The van der Waals surface area contributed by atoms with Gasteiger partial charge in [0.15, 0.2) is 0 Å². The van der Waals surface area contributed by atoms with Crippen molar-refractivity contribution in [3.63, 3.8) is 0 Å². The largest absolute Gasteiger partial charge is 0.507 e. The van der Waals surface area contributed by atoms with Gasteiger partial charge in [-0.2, -0.15) is 0 Å². The molecule has 0 aliphatic heterocycles. The lowest BCUT2D eigenvalue weighted by molar-refractivity contribution is 0.475. The molecule has 0 aromatic heterocycles. The molecule has 158 valence electrons. The van der Waals surface area contributed by atoms with Crippen LogP contribution in [0.5, 0.6) is 5.75 Å². The molecule has 0 aliphatic carbocycles. The quantitative estimate of drug-likeness (QED) is 0.337. The third-order valence-corrected chi connectivity index (χ3v) is 5.93. The van der Waals surface area contributed by atoms with Crippen LogP contribution in [0.25, 0.3) is 22.3 Å². The zero-order valence-corrected chi connectivity index (χ0v) is 18.8. The number of phenolic OH excluding ortho intramolecular Hbond substituents is 1. The van der Waals surface area contributed by atoms with Gasteiger partial charge in [-0.1, -0.05) is 114 Å². The third kappa shape index (κ3) is 5.33. The van der Waals surface area contributed by atoms with Crippen molar-refractivity contribution in [2.24, 2.45) is 0 Å². The molecular formula is C29H36O. The summed E-state index contributed by atoms with van der Waals surface area (Å²) in [6.07, 6.45) is 8.69. The van der Waals surface area contributed by atoms with E-state index in [1.54, 1.807) is 0 Å². The summed E-state index contributed by atoms with van der Waals surface area (Å²) in [5.74, 6) is 0.719. The van der Waals surface area contributed by atoms with Crippen LogP contribution in [0.15, 0.2) is 66.7 Å². The van der Waals surface area contributed by atoms with Crippen LogP contribution in [0.4, 0.5) is 0 Å². The van der Waals surface area contributed by atoms with Crippen LogP contribution in [0, 0.1) is 0 Å². The molecule has 0 fully saturated rings. The molecule has 0 bridgehead atoms. The summed E-state index contributed by atoms with van der Waals surface area (Å²) >= 11 is 0. The molecule has 0 amide bonds. The first-order chi connectivity index (χ1) is 14.6. The SMILES string of the molecule is CCCCCCCCc1cc(O)c(-c2ccccc2)c(C(C)C)c1-c1ccccc1. The summed E-state index contributed by atoms with van der Waals surface area (Å²) in [6.45, 7) is 6.74. The Bertz CT molecular complexity index is 910. The van der Waals surface area contributed by atoms with Crippen molar-refractivity contribution in [1.29, 1.82) is 0 Å². The molecule has 0 saturated heterocycles. The van der Waals surface area contributed by atoms with Gasteiger partial charge in [-0.05, 0) is 52.6 Å². The van der Waals surface area contributed by atoms with Crippen molar-refractivity contribution in [3.8, 4) is 28.0 Å². The number of rotatable bonds is 10. The standard InChI is InChI=1S/C29H36O/c1-4-5-6-7-8-11-20-25-21-26(30)29(24-18-14-10-15-19-24)27(22(2)3)28(25)23-16-12-9-13-17-23/h9-10,12-19,21-22,30H,4-8,11,20H2,1-3H3. The molecule has 1 N–H and O–H groups in total. The van der Waals surface area contributed by atoms with Gasteiger partial charge in [0.1, 0.15) is 5.75 Å². The summed E-state index contributed by atoms with van der Waals surface area (Å²) in [4.78, 5) is 0. The van der Waals surface area contributed by atoms with E-state index in [0.717, 1.165) is 17.5 Å². The maximum atomic E-state index is 11.1. The van der Waals surface area contributed by atoms with Crippen molar-refractivity contribution >= 4 is 0 Å². The second-order valence-electron chi connectivity index (χ2n) is 8.62. The van der Waals surface area contributed by atoms with E-state index in [9.17, 15) is 5.11 Å². The molecule has 0 unspecified atom stereocenters. The van der Waals surface area contributed by atoms with Gasteiger partial charge in [0.2, 0.25) is 0 Å². The van der Waals surface area contributed by atoms with E-state index in [1.807, 2.05) is 24.3 Å².